The molecule has 1 rings (SSSR count). The van der Waals surface area contributed by atoms with Crippen LogP contribution in [0.25, 0.3) is 0 Å². The summed E-state index contributed by atoms with van der Waals surface area (Å²) >= 11 is 5.49. The summed E-state index contributed by atoms with van der Waals surface area (Å²) in [4.78, 5) is 3.53. The Morgan fingerprint density at radius 3 is 2.69 bits per heavy atom. The summed E-state index contributed by atoms with van der Waals surface area (Å²) in [6, 6.07) is 1.17. The van der Waals surface area contributed by atoms with Gasteiger partial charge in [-0.2, -0.15) is 0 Å². The highest BCUT2D eigenvalue weighted by Crippen LogP contribution is 2.26. The van der Waals surface area contributed by atoms with Crippen molar-refractivity contribution in [2.24, 2.45) is 0 Å². The molecule has 0 aromatic carbocycles. The lowest BCUT2D eigenvalue weighted by molar-refractivity contribution is -0.00550. The number of alkyl halides is 2. The van der Waals surface area contributed by atoms with Crippen LogP contribution in [0.1, 0.15) is 11.7 Å². The Kier molecular flexibility index (Phi) is 3.00. The van der Waals surface area contributed by atoms with Gasteiger partial charge in [-0.15, -0.1) is 0 Å². The number of anilines is 1. The van der Waals surface area contributed by atoms with E-state index in [0.717, 1.165) is 0 Å². The number of nitrogens with zero attached hydrogens (tertiary/aromatic N) is 1. The first kappa shape index (κ1) is 10.1. The Morgan fingerprint density at radius 2 is 2.15 bits per heavy atom. The van der Waals surface area contributed by atoms with Crippen molar-refractivity contribution in [1.29, 1.82) is 0 Å². The molecule has 0 aliphatic rings. The lowest BCUT2D eigenvalue weighted by Crippen LogP contribution is -2.11. The van der Waals surface area contributed by atoms with Gasteiger partial charge >= 0.3 is 0 Å². The van der Waals surface area contributed by atoms with Gasteiger partial charge in [0.25, 0.3) is 6.43 Å². The standard InChI is InChI=1S/C7H7ClF2N2O/c8-3-1-4(5(13)6(9)10)7(11)12-2-3/h1-2,5-6,13H,(H2,11,12). The molecule has 0 aliphatic carbocycles. The fourth-order valence-corrected chi connectivity index (χ4v) is 1.00. The van der Waals surface area contributed by atoms with E-state index in [1.807, 2.05) is 0 Å². The first-order valence-corrected chi connectivity index (χ1v) is 3.77. The Balaban J connectivity index is 3.05. The number of hydrogen-bond donors (Lipinski definition) is 2. The van der Waals surface area contributed by atoms with Crippen molar-refractivity contribution >= 4 is 17.4 Å². The molecule has 0 saturated heterocycles. The fourth-order valence-electron chi connectivity index (χ4n) is 0.838. The normalized spacial score (nSPS) is 13.3. The summed E-state index contributed by atoms with van der Waals surface area (Å²) < 4.78 is 24.1. The van der Waals surface area contributed by atoms with Crippen LogP contribution in [0.3, 0.4) is 0 Å². The van der Waals surface area contributed by atoms with E-state index in [2.05, 4.69) is 4.98 Å². The Hall–Kier alpha value is -0.940. The SMILES string of the molecule is Nc1ncc(Cl)cc1C(O)C(F)F. The van der Waals surface area contributed by atoms with Crippen LogP contribution < -0.4 is 5.73 Å². The zero-order chi connectivity index (χ0) is 10.0. The summed E-state index contributed by atoms with van der Waals surface area (Å²) in [7, 11) is 0. The van der Waals surface area contributed by atoms with Crippen LogP contribution in [0.2, 0.25) is 5.02 Å². The van der Waals surface area contributed by atoms with Gasteiger partial charge < -0.3 is 10.8 Å². The van der Waals surface area contributed by atoms with Crippen LogP contribution in [0.15, 0.2) is 12.3 Å². The molecule has 0 aliphatic heterocycles. The predicted molar refractivity (Wildman–Crippen MR) is 44.6 cm³/mol. The van der Waals surface area contributed by atoms with E-state index < -0.39 is 12.5 Å². The summed E-state index contributed by atoms with van der Waals surface area (Å²) in [5, 5.41) is 9.13. The van der Waals surface area contributed by atoms with E-state index in [1.165, 1.54) is 12.3 Å². The molecular weight excluding hydrogens is 202 g/mol. The molecule has 1 aromatic heterocycles. The average Bonchev–Trinajstić information content (AvgIpc) is 2.08. The molecule has 0 bridgehead atoms. The number of nitrogen functional groups attached to an aromatic ring is 1. The maximum absolute atomic E-state index is 12.0. The van der Waals surface area contributed by atoms with E-state index in [1.54, 1.807) is 0 Å². The lowest BCUT2D eigenvalue weighted by atomic mass is 10.1. The molecule has 0 spiro atoms. The second-order valence-corrected chi connectivity index (χ2v) is 2.84. The van der Waals surface area contributed by atoms with E-state index >= 15 is 0 Å². The van der Waals surface area contributed by atoms with Crippen molar-refractivity contribution in [1.82, 2.24) is 4.98 Å². The van der Waals surface area contributed by atoms with Gasteiger partial charge in [0.1, 0.15) is 11.9 Å². The number of aromatic nitrogens is 1. The molecule has 3 N–H and O–H groups in total. The molecule has 72 valence electrons. The van der Waals surface area contributed by atoms with Gasteiger partial charge in [0.15, 0.2) is 0 Å². The Labute approximate surface area is 78.1 Å². The number of aliphatic hydroxyl groups excluding tert-OH is 1. The monoisotopic (exact) mass is 208 g/mol. The summed E-state index contributed by atoms with van der Waals surface area (Å²) in [6.45, 7) is 0. The van der Waals surface area contributed by atoms with Gasteiger partial charge in [-0.25, -0.2) is 13.8 Å². The summed E-state index contributed by atoms with van der Waals surface area (Å²) in [6.07, 6.45) is -3.62. The van der Waals surface area contributed by atoms with Gasteiger partial charge in [-0.1, -0.05) is 11.6 Å². The maximum atomic E-state index is 12.0. The second-order valence-electron chi connectivity index (χ2n) is 2.41. The molecule has 0 fully saturated rings. The smallest absolute Gasteiger partial charge is 0.268 e. The number of halogens is 3. The summed E-state index contributed by atoms with van der Waals surface area (Å²) in [5.41, 5.74) is 5.11. The molecule has 0 saturated carbocycles. The van der Waals surface area contributed by atoms with E-state index in [0.29, 0.717) is 0 Å². The molecular formula is C7H7ClF2N2O. The Morgan fingerprint density at radius 1 is 1.54 bits per heavy atom. The van der Waals surface area contributed by atoms with Crippen LogP contribution in [0, 0.1) is 0 Å². The molecule has 1 aromatic rings. The number of pyridine rings is 1. The van der Waals surface area contributed by atoms with Gasteiger partial charge in [0.05, 0.1) is 5.02 Å². The molecule has 3 nitrogen and oxygen atoms in total. The fraction of sp³-hybridized carbons (Fsp3) is 0.286. The van der Waals surface area contributed by atoms with Crippen molar-refractivity contribution in [3.63, 3.8) is 0 Å². The van der Waals surface area contributed by atoms with Crippen LogP contribution in [0.5, 0.6) is 0 Å². The third-order valence-electron chi connectivity index (χ3n) is 1.47. The maximum Gasteiger partial charge on any atom is 0.268 e. The van der Waals surface area contributed by atoms with E-state index in [-0.39, 0.29) is 16.4 Å². The minimum absolute atomic E-state index is 0.141. The van der Waals surface area contributed by atoms with Gasteiger partial charge in [-0.3, -0.25) is 0 Å². The predicted octanol–water partition coefficient (Wildman–Crippen LogP) is 1.62. The zero-order valence-electron chi connectivity index (χ0n) is 6.42. The minimum atomic E-state index is -2.90. The van der Waals surface area contributed by atoms with Crippen LogP contribution >= 0.6 is 11.6 Å². The Bertz CT molecular complexity index is 309. The summed E-state index contributed by atoms with van der Waals surface area (Å²) in [5.74, 6) is -0.141. The van der Waals surface area contributed by atoms with Crippen molar-refractivity contribution in [2.75, 3.05) is 5.73 Å². The third-order valence-corrected chi connectivity index (χ3v) is 1.68. The highest BCUT2D eigenvalue weighted by molar-refractivity contribution is 6.30. The van der Waals surface area contributed by atoms with Crippen LogP contribution in [-0.2, 0) is 0 Å². The van der Waals surface area contributed by atoms with Crippen molar-refractivity contribution < 1.29 is 13.9 Å². The van der Waals surface area contributed by atoms with Crippen molar-refractivity contribution in [2.45, 2.75) is 12.5 Å². The number of rotatable bonds is 2. The lowest BCUT2D eigenvalue weighted by Gasteiger charge is -2.11. The van der Waals surface area contributed by atoms with E-state index in [9.17, 15) is 8.78 Å². The molecule has 0 radical (unpaired) electrons. The molecule has 1 heterocycles. The second kappa shape index (κ2) is 3.85. The topological polar surface area (TPSA) is 59.1 Å². The van der Waals surface area contributed by atoms with Gasteiger partial charge in [0, 0.05) is 11.8 Å². The number of nitrogens with two attached hydrogens (primary N) is 1. The van der Waals surface area contributed by atoms with Crippen molar-refractivity contribution in [3.8, 4) is 0 Å². The first-order valence-electron chi connectivity index (χ1n) is 3.39. The van der Waals surface area contributed by atoms with E-state index in [4.69, 9.17) is 22.4 Å². The largest absolute Gasteiger partial charge is 0.383 e. The molecule has 1 unspecified atom stereocenters. The number of aliphatic hydroxyl groups is 1. The van der Waals surface area contributed by atoms with Gasteiger partial charge in [0.2, 0.25) is 0 Å². The average molecular weight is 209 g/mol. The van der Waals surface area contributed by atoms with Crippen molar-refractivity contribution in [3.05, 3.63) is 22.8 Å². The molecule has 0 amide bonds. The zero-order valence-corrected chi connectivity index (χ0v) is 7.17. The first-order chi connectivity index (χ1) is 6.02. The third kappa shape index (κ3) is 2.26. The molecule has 13 heavy (non-hydrogen) atoms. The van der Waals surface area contributed by atoms with Gasteiger partial charge in [-0.05, 0) is 6.07 Å². The minimum Gasteiger partial charge on any atom is -0.383 e. The highest BCUT2D eigenvalue weighted by atomic mass is 35.5. The van der Waals surface area contributed by atoms with Crippen LogP contribution in [0.4, 0.5) is 14.6 Å². The van der Waals surface area contributed by atoms with Crippen LogP contribution in [-0.4, -0.2) is 16.5 Å². The molecule has 6 heteroatoms. The highest BCUT2D eigenvalue weighted by Gasteiger charge is 2.22. The number of hydrogen-bond acceptors (Lipinski definition) is 3. The molecule has 1 atom stereocenters. The quantitative estimate of drug-likeness (QED) is 0.777.